The third kappa shape index (κ3) is 5.45. The molecule has 39 heavy (non-hydrogen) atoms. The average Bonchev–Trinajstić information content (AvgIpc) is 3.56. The zero-order chi connectivity index (χ0) is 26.8. The Morgan fingerprint density at radius 1 is 1.00 bits per heavy atom. The lowest BCUT2D eigenvalue weighted by molar-refractivity contribution is 0.0857. The van der Waals surface area contributed by atoms with Gasteiger partial charge in [0.05, 0.1) is 30.3 Å². The molecule has 2 fully saturated rings. The molecule has 5 heterocycles. The monoisotopic (exact) mass is 526 g/mol. The molecule has 1 saturated heterocycles. The van der Waals surface area contributed by atoms with Crippen molar-refractivity contribution in [2.24, 2.45) is 0 Å². The van der Waals surface area contributed by atoms with E-state index >= 15 is 0 Å². The van der Waals surface area contributed by atoms with Crippen LogP contribution in [0.15, 0.2) is 55.0 Å². The van der Waals surface area contributed by atoms with Gasteiger partial charge in [0, 0.05) is 55.9 Å². The Bertz CT molecular complexity index is 1480. The van der Waals surface area contributed by atoms with E-state index in [2.05, 4.69) is 20.9 Å². The van der Waals surface area contributed by atoms with E-state index in [0.717, 1.165) is 61.6 Å². The SMILES string of the molecule is CCOc1ccc(OC2CCN(c3ccc(-c4cc(OCC5(O)CC5)cc5ncc(C#N)n45)cn3)CC2)cn1. The standard InChI is InChI=1S/C29H30N6O4/c1-2-37-28-6-4-23(18-33-28)39-22-7-11-34(12-8-22)26-5-3-20(16-31-26)25-13-24(38-19-29(36)9-10-29)14-27-32-17-21(15-30)35(25)27/h3-6,13-14,16-18,22,36H,2,7-12,19H2,1H3. The Balaban J connectivity index is 1.14. The van der Waals surface area contributed by atoms with Crippen LogP contribution in [0.5, 0.6) is 17.4 Å². The molecular weight excluding hydrogens is 496 g/mol. The molecule has 6 rings (SSSR count). The quantitative estimate of drug-likeness (QED) is 0.345. The number of ether oxygens (including phenoxy) is 3. The molecule has 0 amide bonds. The fourth-order valence-electron chi connectivity index (χ4n) is 4.76. The van der Waals surface area contributed by atoms with Crippen LogP contribution in [0.3, 0.4) is 0 Å². The Kier molecular flexibility index (Phi) is 6.67. The molecule has 0 radical (unpaired) electrons. The molecule has 1 aliphatic carbocycles. The molecule has 10 nitrogen and oxygen atoms in total. The Labute approximate surface area is 226 Å². The van der Waals surface area contributed by atoms with Gasteiger partial charge in [0.1, 0.15) is 47.4 Å². The van der Waals surface area contributed by atoms with Gasteiger partial charge in [-0.25, -0.2) is 15.0 Å². The predicted octanol–water partition coefficient (Wildman–Crippen LogP) is 4.01. The van der Waals surface area contributed by atoms with Gasteiger partial charge in [-0.05, 0) is 38.0 Å². The lowest BCUT2D eigenvalue weighted by atomic mass is 10.1. The maximum Gasteiger partial charge on any atom is 0.213 e. The highest BCUT2D eigenvalue weighted by atomic mass is 16.5. The fourth-order valence-corrected chi connectivity index (χ4v) is 4.76. The first kappa shape index (κ1) is 24.9. The van der Waals surface area contributed by atoms with Gasteiger partial charge in [-0.3, -0.25) is 4.40 Å². The van der Waals surface area contributed by atoms with E-state index in [1.807, 2.05) is 43.5 Å². The summed E-state index contributed by atoms with van der Waals surface area (Å²) in [6.07, 6.45) is 8.45. The van der Waals surface area contributed by atoms with Gasteiger partial charge < -0.3 is 24.2 Å². The van der Waals surface area contributed by atoms with Crippen molar-refractivity contribution in [1.29, 1.82) is 5.26 Å². The van der Waals surface area contributed by atoms with Crippen molar-refractivity contribution in [3.8, 4) is 34.7 Å². The molecule has 0 aromatic carbocycles. The largest absolute Gasteiger partial charge is 0.490 e. The predicted molar refractivity (Wildman–Crippen MR) is 144 cm³/mol. The third-order valence-electron chi connectivity index (χ3n) is 7.14. The normalized spacial score (nSPS) is 16.6. The van der Waals surface area contributed by atoms with Crippen molar-refractivity contribution < 1.29 is 19.3 Å². The zero-order valence-electron chi connectivity index (χ0n) is 21.8. The first-order valence-corrected chi connectivity index (χ1v) is 13.3. The number of imidazole rings is 1. The number of aromatic nitrogens is 4. The van der Waals surface area contributed by atoms with Crippen molar-refractivity contribution in [3.05, 3.63) is 60.7 Å². The Morgan fingerprint density at radius 2 is 1.85 bits per heavy atom. The summed E-state index contributed by atoms with van der Waals surface area (Å²) in [4.78, 5) is 15.7. The first-order valence-electron chi connectivity index (χ1n) is 13.3. The highest BCUT2D eigenvalue weighted by Gasteiger charge is 2.41. The van der Waals surface area contributed by atoms with E-state index in [-0.39, 0.29) is 12.7 Å². The molecule has 200 valence electrons. The van der Waals surface area contributed by atoms with Crippen LogP contribution in [-0.2, 0) is 0 Å². The zero-order valence-corrected chi connectivity index (χ0v) is 21.8. The maximum atomic E-state index is 10.2. The van der Waals surface area contributed by atoms with Gasteiger partial charge in [0.2, 0.25) is 5.88 Å². The van der Waals surface area contributed by atoms with Crippen molar-refractivity contribution in [1.82, 2.24) is 19.4 Å². The molecule has 0 atom stereocenters. The molecule has 0 unspecified atom stereocenters. The maximum absolute atomic E-state index is 10.2. The van der Waals surface area contributed by atoms with Crippen LogP contribution >= 0.6 is 0 Å². The molecule has 1 saturated carbocycles. The van der Waals surface area contributed by atoms with Gasteiger partial charge in [0.25, 0.3) is 0 Å². The third-order valence-corrected chi connectivity index (χ3v) is 7.14. The van der Waals surface area contributed by atoms with Gasteiger partial charge in [-0.2, -0.15) is 5.26 Å². The first-order chi connectivity index (χ1) is 19.0. The molecule has 0 spiro atoms. The topological polar surface area (TPSA) is 118 Å². The highest BCUT2D eigenvalue weighted by Crippen LogP contribution is 2.36. The average molecular weight is 527 g/mol. The second-order valence-electron chi connectivity index (χ2n) is 10.0. The minimum atomic E-state index is -0.730. The van der Waals surface area contributed by atoms with Crippen LogP contribution in [0, 0.1) is 11.3 Å². The molecular formula is C29H30N6O4. The van der Waals surface area contributed by atoms with Gasteiger partial charge >= 0.3 is 0 Å². The van der Waals surface area contributed by atoms with Crippen LogP contribution in [0.1, 0.15) is 38.3 Å². The van der Waals surface area contributed by atoms with Crippen molar-refractivity contribution in [2.75, 3.05) is 31.2 Å². The van der Waals surface area contributed by atoms with E-state index in [1.165, 1.54) is 0 Å². The lowest BCUT2D eigenvalue weighted by Crippen LogP contribution is -2.38. The molecule has 2 aliphatic rings. The fraction of sp³-hybridized carbons (Fsp3) is 0.379. The molecule has 1 N–H and O–H groups in total. The van der Waals surface area contributed by atoms with E-state index in [9.17, 15) is 10.4 Å². The number of hydrogen-bond donors (Lipinski definition) is 1. The highest BCUT2D eigenvalue weighted by molar-refractivity contribution is 5.68. The van der Waals surface area contributed by atoms with E-state index in [4.69, 9.17) is 19.2 Å². The second-order valence-corrected chi connectivity index (χ2v) is 10.0. The number of rotatable bonds is 9. The van der Waals surface area contributed by atoms with Crippen molar-refractivity contribution in [3.63, 3.8) is 0 Å². The minimum absolute atomic E-state index is 0.121. The summed E-state index contributed by atoms with van der Waals surface area (Å²) in [7, 11) is 0. The summed E-state index contributed by atoms with van der Waals surface area (Å²) in [6, 6.07) is 13.6. The minimum Gasteiger partial charge on any atom is -0.490 e. The van der Waals surface area contributed by atoms with Crippen LogP contribution < -0.4 is 19.1 Å². The number of nitrogens with zero attached hydrogens (tertiary/aromatic N) is 6. The number of aliphatic hydroxyl groups is 1. The van der Waals surface area contributed by atoms with Crippen LogP contribution in [0.4, 0.5) is 5.82 Å². The summed E-state index contributed by atoms with van der Waals surface area (Å²) >= 11 is 0. The summed E-state index contributed by atoms with van der Waals surface area (Å²) in [5.41, 5.74) is 1.91. The number of fused-ring (bicyclic) bond motifs is 1. The van der Waals surface area contributed by atoms with Gasteiger partial charge in [-0.15, -0.1) is 0 Å². The number of nitriles is 1. The van der Waals surface area contributed by atoms with Crippen molar-refractivity contribution >= 4 is 11.5 Å². The van der Waals surface area contributed by atoms with E-state index in [0.29, 0.717) is 29.6 Å². The van der Waals surface area contributed by atoms with Gasteiger partial charge in [0.15, 0.2) is 0 Å². The number of anilines is 1. The van der Waals surface area contributed by atoms with Gasteiger partial charge in [-0.1, -0.05) is 0 Å². The summed E-state index contributed by atoms with van der Waals surface area (Å²) in [5, 5.41) is 19.8. The molecule has 10 heteroatoms. The number of piperidine rings is 1. The molecule has 4 aromatic heterocycles. The molecule has 0 bridgehead atoms. The van der Waals surface area contributed by atoms with E-state index in [1.54, 1.807) is 22.9 Å². The number of pyridine rings is 3. The number of hydrogen-bond acceptors (Lipinski definition) is 9. The second kappa shape index (κ2) is 10.4. The summed E-state index contributed by atoms with van der Waals surface area (Å²) < 4.78 is 19.2. The Hall–Kier alpha value is -4.36. The lowest BCUT2D eigenvalue weighted by Gasteiger charge is -2.33. The van der Waals surface area contributed by atoms with Crippen LogP contribution in [-0.4, -0.2) is 62.5 Å². The molecule has 1 aliphatic heterocycles. The molecule has 4 aromatic rings. The van der Waals surface area contributed by atoms with E-state index < -0.39 is 5.60 Å². The smallest absolute Gasteiger partial charge is 0.213 e. The Morgan fingerprint density at radius 3 is 2.51 bits per heavy atom. The van der Waals surface area contributed by atoms with Crippen LogP contribution in [0.2, 0.25) is 0 Å². The summed E-state index contributed by atoms with van der Waals surface area (Å²) in [6.45, 7) is 4.42. The van der Waals surface area contributed by atoms with Crippen LogP contribution in [0.25, 0.3) is 16.9 Å². The van der Waals surface area contributed by atoms with Crippen molar-refractivity contribution in [2.45, 2.75) is 44.3 Å². The summed E-state index contributed by atoms with van der Waals surface area (Å²) in [5.74, 6) is 2.84.